The molecule has 0 bridgehead atoms. The molecule has 0 radical (unpaired) electrons. The normalized spacial score (nSPS) is 14.9. The third-order valence-corrected chi connectivity index (χ3v) is 6.29. The van der Waals surface area contributed by atoms with Gasteiger partial charge in [0.05, 0.1) is 36.7 Å². The van der Waals surface area contributed by atoms with Gasteiger partial charge < -0.3 is 19.9 Å². The van der Waals surface area contributed by atoms with E-state index < -0.39 is 35.9 Å². The summed E-state index contributed by atoms with van der Waals surface area (Å²) in [6.45, 7) is -0.528. The molecule has 3 N–H and O–H groups in total. The molecule has 5 rings (SSSR count). The molecule has 2 heterocycles. The van der Waals surface area contributed by atoms with Crippen LogP contribution in [0.1, 0.15) is 11.1 Å². The number of benzene rings is 3. The second-order valence-electron chi connectivity index (χ2n) is 8.56. The zero-order chi connectivity index (χ0) is 25.7. The minimum Gasteiger partial charge on any atom is -0.394 e. The Morgan fingerprint density at radius 3 is 2.39 bits per heavy atom. The molecule has 0 aliphatic heterocycles. The van der Waals surface area contributed by atoms with E-state index in [0.29, 0.717) is 22.1 Å². The van der Waals surface area contributed by atoms with E-state index >= 15 is 0 Å². The largest absolute Gasteiger partial charge is 0.425 e. The van der Waals surface area contributed by atoms with E-state index in [4.69, 9.17) is 5.11 Å². The Kier molecular flexibility index (Phi) is 5.82. The molecule has 10 heteroatoms. The molecular weight excluding hydrogens is 478 g/mol. The van der Waals surface area contributed by atoms with Gasteiger partial charge in [-0.1, -0.05) is 18.2 Å². The third-order valence-electron chi connectivity index (χ3n) is 6.29. The number of halogens is 4. The van der Waals surface area contributed by atoms with Crippen LogP contribution in [-0.4, -0.2) is 48.6 Å². The molecule has 0 fully saturated rings. The molecule has 36 heavy (non-hydrogen) atoms. The number of aromatic nitrogens is 3. The third kappa shape index (κ3) is 3.83. The van der Waals surface area contributed by atoms with Crippen molar-refractivity contribution in [2.24, 2.45) is 0 Å². The van der Waals surface area contributed by atoms with Crippen molar-refractivity contribution in [1.29, 1.82) is 0 Å². The lowest BCUT2D eigenvalue weighted by Crippen LogP contribution is -2.43. The molecule has 0 aliphatic rings. The van der Waals surface area contributed by atoms with Crippen molar-refractivity contribution in [3.05, 3.63) is 96.1 Å². The van der Waals surface area contributed by atoms with Crippen LogP contribution in [0, 0.1) is 5.82 Å². The maximum Gasteiger partial charge on any atom is 0.425 e. The van der Waals surface area contributed by atoms with Gasteiger partial charge in [0.1, 0.15) is 5.82 Å². The molecule has 3 aromatic carbocycles. The number of fused-ring (bicyclic) bond motifs is 2. The van der Waals surface area contributed by atoms with Crippen molar-refractivity contribution >= 4 is 21.8 Å². The summed E-state index contributed by atoms with van der Waals surface area (Å²) in [5.74, 6) is -0.429. The van der Waals surface area contributed by atoms with E-state index in [1.807, 2.05) is 0 Å². The average Bonchev–Trinajstić information content (AvgIpc) is 3.47. The van der Waals surface area contributed by atoms with Gasteiger partial charge in [-0.15, -0.1) is 0 Å². The van der Waals surface area contributed by atoms with Crippen molar-refractivity contribution in [1.82, 2.24) is 14.3 Å². The van der Waals surface area contributed by atoms with Gasteiger partial charge in [0.2, 0.25) is 5.60 Å². The Labute approximate surface area is 202 Å². The number of aliphatic hydroxyl groups is 3. The molecule has 6 nitrogen and oxygen atoms in total. The fourth-order valence-corrected chi connectivity index (χ4v) is 4.50. The maximum atomic E-state index is 14.6. The van der Waals surface area contributed by atoms with Crippen LogP contribution >= 0.6 is 0 Å². The van der Waals surface area contributed by atoms with Gasteiger partial charge in [-0.05, 0) is 54.1 Å². The Hall–Kier alpha value is -3.73. The van der Waals surface area contributed by atoms with Gasteiger partial charge >= 0.3 is 6.18 Å². The van der Waals surface area contributed by atoms with Gasteiger partial charge in [-0.2, -0.15) is 18.3 Å². The van der Waals surface area contributed by atoms with E-state index in [9.17, 15) is 27.8 Å². The number of aliphatic hydroxyl groups excluding tert-OH is 2. The summed E-state index contributed by atoms with van der Waals surface area (Å²) in [5.41, 5.74) is -2.72. The summed E-state index contributed by atoms with van der Waals surface area (Å²) in [6, 6.07) is 15.0. The van der Waals surface area contributed by atoms with Crippen molar-refractivity contribution in [3.63, 3.8) is 0 Å². The minimum atomic E-state index is -5.07. The molecule has 0 aliphatic carbocycles. The lowest BCUT2D eigenvalue weighted by atomic mass is 9.83. The molecule has 186 valence electrons. The first-order chi connectivity index (χ1) is 17.1. The predicted octanol–water partition coefficient (Wildman–Crippen LogP) is 4.27. The Morgan fingerprint density at radius 2 is 1.69 bits per heavy atom. The Bertz CT molecular complexity index is 1540. The SMILES string of the molecule is OCC(O)Cn1ccc2c(C(O)(c3ccc4c(cnn4-c4ccc(F)cc4)c3)C(F)(F)F)cccc21. The zero-order valence-corrected chi connectivity index (χ0v) is 18.7. The number of hydrogen-bond donors (Lipinski definition) is 3. The highest BCUT2D eigenvalue weighted by molar-refractivity contribution is 5.86. The van der Waals surface area contributed by atoms with Crippen LogP contribution in [0.15, 0.2) is 79.1 Å². The molecule has 0 saturated heterocycles. The van der Waals surface area contributed by atoms with Crippen LogP contribution in [0.3, 0.4) is 0 Å². The molecule has 0 spiro atoms. The Morgan fingerprint density at radius 1 is 0.944 bits per heavy atom. The highest BCUT2D eigenvalue weighted by Crippen LogP contribution is 2.47. The lowest BCUT2D eigenvalue weighted by Gasteiger charge is -2.32. The molecular formula is C26H21F4N3O3. The standard InChI is InChI=1S/C26H21F4N3O3/c27-18-5-7-19(8-6-18)33-23-9-4-17(12-16(23)13-31-33)25(36,26(28,29)30)22-2-1-3-24-21(22)10-11-32(24)14-20(35)15-34/h1-13,20,34-36H,14-15H2. The van der Waals surface area contributed by atoms with Crippen molar-refractivity contribution in [2.75, 3.05) is 6.61 Å². The second-order valence-corrected chi connectivity index (χ2v) is 8.56. The monoisotopic (exact) mass is 499 g/mol. The highest BCUT2D eigenvalue weighted by Gasteiger charge is 2.57. The summed E-state index contributed by atoms with van der Waals surface area (Å²) < 4.78 is 60.1. The van der Waals surface area contributed by atoms with E-state index in [-0.39, 0.29) is 17.5 Å². The number of hydrogen-bond acceptors (Lipinski definition) is 4. The van der Waals surface area contributed by atoms with Crippen LogP contribution in [0.5, 0.6) is 0 Å². The fraction of sp³-hybridized carbons (Fsp3) is 0.192. The van der Waals surface area contributed by atoms with Crippen molar-refractivity contribution in [3.8, 4) is 5.69 Å². The smallest absolute Gasteiger partial charge is 0.394 e. The summed E-state index contributed by atoms with van der Waals surface area (Å²) in [5, 5.41) is 35.0. The van der Waals surface area contributed by atoms with Crippen LogP contribution < -0.4 is 0 Å². The first-order valence-corrected chi connectivity index (χ1v) is 11.0. The van der Waals surface area contributed by atoms with Gasteiger partial charge in [0, 0.05) is 28.0 Å². The predicted molar refractivity (Wildman–Crippen MR) is 125 cm³/mol. The average molecular weight is 499 g/mol. The number of nitrogens with zero attached hydrogens (tertiary/aromatic N) is 3. The van der Waals surface area contributed by atoms with Gasteiger partial charge in [0.25, 0.3) is 0 Å². The van der Waals surface area contributed by atoms with E-state index in [0.717, 1.165) is 0 Å². The van der Waals surface area contributed by atoms with Gasteiger partial charge in [-0.3, -0.25) is 0 Å². The molecule has 0 saturated carbocycles. The molecule has 2 unspecified atom stereocenters. The van der Waals surface area contributed by atoms with Gasteiger partial charge in [-0.25, -0.2) is 9.07 Å². The zero-order valence-electron chi connectivity index (χ0n) is 18.7. The summed E-state index contributed by atoms with van der Waals surface area (Å²) in [7, 11) is 0. The first-order valence-electron chi connectivity index (χ1n) is 11.0. The molecule has 2 aromatic heterocycles. The molecule has 2 atom stereocenters. The number of rotatable bonds is 6. The van der Waals surface area contributed by atoms with E-state index in [1.165, 1.54) is 82.3 Å². The fourth-order valence-electron chi connectivity index (χ4n) is 4.50. The van der Waals surface area contributed by atoms with E-state index in [1.54, 1.807) is 6.07 Å². The molecule has 5 aromatic rings. The quantitative estimate of drug-likeness (QED) is 0.305. The first kappa shape index (κ1) is 24.0. The van der Waals surface area contributed by atoms with Crippen molar-refractivity contribution < 1.29 is 32.9 Å². The topological polar surface area (TPSA) is 83.4 Å². The van der Waals surface area contributed by atoms with Crippen LogP contribution in [-0.2, 0) is 12.1 Å². The minimum absolute atomic E-state index is 0.0254. The van der Waals surface area contributed by atoms with Crippen LogP contribution in [0.25, 0.3) is 27.5 Å². The Balaban J connectivity index is 1.65. The maximum absolute atomic E-state index is 14.6. The van der Waals surface area contributed by atoms with Crippen LogP contribution in [0.4, 0.5) is 17.6 Å². The summed E-state index contributed by atoms with van der Waals surface area (Å²) in [4.78, 5) is 0. The van der Waals surface area contributed by atoms with E-state index in [2.05, 4.69) is 5.10 Å². The lowest BCUT2D eigenvalue weighted by molar-refractivity contribution is -0.247. The second kappa shape index (κ2) is 8.74. The van der Waals surface area contributed by atoms with Gasteiger partial charge in [0.15, 0.2) is 0 Å². The van der Waals surface area contributed by atoms with Crippen LogP contribution in [0.2, 0.25) is 0 Å². The summed E-state index contributed by atoms with van der Waals surface area (Å²) in [6.07, 6.45) is -3.29. The highest BCUT2D eigenvalue weighted by atomic mass is 19.4. The number of alkyl halides is 3. The molecule has 0 amide bonds. The summed E-state index contributed by atoms with van der Waals surface area (Å²) >= 11 is 0. The van der Waals surface area contributed by atoms with Crippen molar-refractivity contribution in [2.45, 2.75) is 24.4 Å².